The molecule has 0 saturated heterocycles. The third-order valence-electron chi connectivity index (χ3n) is 2.01. The van der Waals surface area contributed by atoms with E-state index < -0.39 is 0 Å². The fraction of sp³-hybridized carbons (Fsp3) is 0.889. The van der Waals surface area contributed by atoms with Crippen LogP contribution in [0.15, 0.2) is 0 Å². The number of hydrogen-bond acceptors (Lipinski definition) is 4. The van der Waals surface area contributed by atoms with Crippen molar-refractivity contribution in [1.29, 1.82) is 0 Å². The van der Waals surface area contributed by atoms with Gasteiger partial charge in [0.1, 0.15) is 0 Å². The van der Waals surface area contributed by atoms with Gasteiger partial charge in [-0.25, -0.2) is 0 Å². The number of nitrogens with zero attached hydrogens (tertiary/aromatic N) is 1. The Kier molecular flexibility index (Phi) is 8.51. The van der Waals surface area contributed by atoms with Crippen molar-refractivity contribution in [1.82, 2.24) is 10.2 Å². The van der Waals surface area contributed by atoms with Gasteiger partial charge in [-0.1, -0.05) is 6.92 Å². The lowest BCUT2D eigenvalue weighted by molar-refractivity contribution is -0.121. The van der Waals surface area contributed by atoms with E-state index in [4.69, 9.17) is 11.5 Å². The molecule has 0 fully saturated rings. The zero-order valence-corrected chi connectivity index (χ0v) is 8.96. The molecule has 0 atom stereocenters. The molecular formula is C9H22N4O. The van der Waals surface area contributed by atoms with Gasteiger partial charge >= 0.3 is 0 Å². The molecule has 0 bridgehead atoms. The summed E-state index contributed by atoms with van der Waals surface area (Å²) in [6.07, 6.45) is 0.522. The van der Waals surface area contributed by atoms with E-state index >= 15 is 0 Å². The first-order valence-electron chi connectivity index (χ1n) is 5.13. The lowest BCUT2D eigenvalue weighted by Gasteiger charge is -2.18. The maximum atomic E-state index is 11.2. The summed E-state index contributed by atoms with van der Waals surface area (Å²) < 4.78 is 0. The van der Waals surface area contributed by atoms with Crippen molar-refractivity contribution in [3.05, 3.63) is 0 Å². The van der Waals surface area contributed by atoms with Gasteiger partial charge in [-0.05, 0) is 6.54 Å². The minimum atomic E-state index is 0.0610. The predicted molar refractivity (Wildman–Crippen MR) is 57.8 cm³/mol. The molecule has 5 nitrogen and oxygen atoms in total. The number of hydrogen-bond donors (Lipinski definition) is 3. The molecule has 5 heteroatoms. The van der Waals surface area contributed by atoms with Crippen LogP contribution in [-0.2, 0) is 4.79 Å². The summed E-state index contributed by atoms with van der Waals surface area (Å²) in [5, 5.41) is 2.73. The topological polar surface area (TPSA) is 84.4 Å². The molecular weight excluding hydrogens is 180 g/mol. The molecule has 0 aromatic rings. The summed E-state index contributed by atoms with van der Waals surface area (Å²) in [7, 11) is 0. The monoisotopic (exact) mass is 202 g/mol. The molecule has 0 unspecified atom stereocenters. The Bertz CT molecular complexity index is 152. The Labute approximate surface area is 85.8 Å². The minimum Gasteiger partial charge on any atom is -0.355 e. The van der Waals surface area contributed by atoms with Crippen molar-refractivity contribution >= 4 is 5.91 Å². The fourth-order valence-corrected chi connectivity index (χ4v) is 1.17. The number of nitrogens with two attached hydrogens (primary N) is 2. The first-order valence-corrected chi connectivity index (χ1v) is 5.13. The molecule has 84 valence electrons. The number of carbonyl (C=O) groups is 1. The van der Waals surface area contributed by atoms with Gasteiger partial charge in [-0.3, -0.25) is 4.79 Å². The quantitative estimate of drug-likeness (QED) is 0.458. The molecule has 14 heavy (non-hydrogen) atoms. The normalized spacial score (nSPS) is 10.6. The van der Waals surface area contributed by atoms with E-state index in [-0.39, 0.29) is 5.91 Å². The summed E-state index contributed by atoms with van der Waals surface area (Å²) in [4.78, 5) is 13.4. The Morgan fingerprint density at radius 1 is 1.29 bits per heavy atom. The highest BCUT2D eigenvalue weighted by Crippen LogP contribution is 1.89. The van der Waals surface area contributed by atoms with Gasteiger partial charge in [-0.2, -0.15) is 0 Å². The van der Waals surface area contributed by atoms with Crippen LogP contribution in [0.3, 0.4) is 0 Å². The van der Waals surface area contributed by atoms with Crippen molar-refractivity contribution < 1.29 is 4.79 Å². The molecule has 0 aliphatic heterocycles. The van der Waals surface area contributed by atoms with Crippen molar-refractivity contribution in [3.8, 4) is 0 Å². The van der Waals surface area contributed by atoms with E-state index in [1.165, 1.54) is 0 Å². The standard InChI is InChI=1S/C9H22N4O/c1-2-13(8-5-11)7-3-9(14)12-6-4-10/h2-8,10-11H2,1H3,(H,12,14). The van der Waals surface area contributed by atoms with Crippen LogP contribution in [0.2, 0.25) is 0 Å². The smallest absolute Gasteiger partial charge is 0.221 e. The van der Waals surface area contributed by atoms with Gasteiger partial charge in [0, 0.05) is 39.1 Å². The number of amides is 1. The third-order valence-corrected chi connectivity index (χ3v) is 2.01. The van der Waals surface area contributed by atoms with Crippen LogP contribution < -0.4 is 16.8 Å². The van der Waals surface area contributed by atoms with E-state index in [1.54, 1.807) is 0 Å². The Morgan fingerprint density at radius 2 is 2.00 bits per heavy atom. The van der Waals surface area contributed by atoms with Crippen LogP contribution in [0.4, 0.5) is 0 Å². The van der Waals surface area contributed by atoms with E-state index in [0.29, 0.717) is 26.1 Å². The van der Waals surface area contributed by atoms with Crippen LogP contribution >= 0.6 is 0 Å². The van der Waals surface area contributed by atoms with Gasteiger partial charge in [0.15, 0.2) is 0 Å². The van der Waals surface area contributed by atoms with Gasteiger partial charge < -0.3 is 21.7 Å². The summed E-state index contributed by atoms with van der Waals surface area (Å²) in [6.45, 7) is 6.30. The molecule has 0 aliphatic rings. The third kappa shape index (κ3) is 6.82. The zero-order valence-electron chi connectivity index (χ0n) is 8.96. The van der Waals surface area contributed by atoms with E-state index in [1.807, 2.05) is 0 Å². The molecule has 0 aromatic heterocycles. The van der Waals surface area contributed by atoms with E-state index in [2.05, 4.69) is 17.1 Å². The number of nitrogens with one attached hydrogen (secondary N) is 1. The fourth-order valence-electron chi connectivity index (χ4n) is 1.17. The lowest BCUT2D eigenvalue weighted by Crippen LogP contribution is -2.35. The van der Waals surface area contributed by atoms with Gasteiger partial charge in [0.2, 0.25) is 5.91 Å². The first-order chi connectivity index (χ1) is 6.74. The zero-order chi connectivity index (χ0) is 10.8. The minimum absolute atomic E-state index is 0.0610. The average molecular weight is 202 g/mol. The SMILES string of the molecule is CCN(CCN)CCC(=O)NCCN. The highest BCUT2D eigenvalue weighted by atomic mass is 16.1. The highest BCUT2D eigenvalue weighted by molar-refractivity contribution is 5.76. The van der Waals surface area contributed by atoms with Crippen LogP contribution in [0.5, 0.6) is 0 Å². The average Bonchev–Trinajstić information content (AvgIpc) is 2.21. The van der Waals surface area contributed by atoms with E-state index in [0.717, 1.165) is 19.6 Å². The van der Waals surface area contributed by atoms with Crippen LogP contribution in [-0.4, -0.2) is 50.1 Å². The maximum absolute atomic E-state index is 11.2. The van der Waals surface area contributed by atoms with Crippen LogP contribution in [0.1, 0.15) is 13.3 Å². The summed E-state index contributed by atoms with van der Waals surface area (Å²) in [5.41, 5.74) is 10.7. The summed E-state index contributed by atoms with van der Waals surface area (Å²) >= 11 is 0. The molecule has 0 radical (unpaired) electrons. The van der Waals surface area contributed by atoms with Gasteiger partial charge in [0.25, 0.3) is 0 Å². The number of rotatable bonds is 8. The van der Waals surface area contributed by atoms with Gasteiger partial charge in [-0.15, -0.1) is 0 Å². The second-order valence-corrected chi connectivity index (χ2v) is 3.11. The van der Waals surface area contributed by atoms with Crippen molar-refractivity contribution in [2.24, 2.45) is 11.5 Å². The number of carbonyl (C=O) groups excluding carboxylic acids is 1. The molecule has 5 N–H and O–H groups in total. The molecule has 0 rings (SSSR count). The molecule has 1 amide bonds. The molecule has 0 heterocycles. The maximum Gasteiger partial charge on any atom is 0.221 e. The molecule has 0 spiro atoms. The summed E-state index contributed by atoms with van der Waals surface area (Å²) in [5.74, 6) is 0.0610. The van der Waals surface area contributed by atoms with Crippen molar-refractivity contribution in [3.63, 3.8) is 0 Å². The second kappa shape index (κ2) is 8.93. The molecule has 0 aromatic carbocycles. The summed E-state index contributed by atoms with van der Waals surface area (Å²) in [6, 6.07) is 0. The Balaban J connectivity index is 3.52. The van der Waals surface area contributed by atoms with Crippen molar-refractivity contribution in [2.75, 3.05) is 39.3 Å². The van der Waals surface area contributed by atoms with Crippen molar-refractivity contribution in [2.45, 2.75) is 13.3 Å². The first kappa shape index (κ1) is 13.4. The Morgan fingerprint density at radius 3 is 2.50 bits per heavy atom. The lowest BCUT2D eigenvalue weighted by atomic mass is 10.3. The molecule has 0 saturated carbocycles. The second-order valence-electron chi connectivity index (χ2n) is 3.11. The van der Waals surface area contributed by atoms with Crippen LogP contribution in [0, 0.1) is 0 Å². The molecule has 0 aliphatic carbocycles. The predicted octanol–water partition coefficient (Wildman–Crippen LogP) is -1.27. The van der Waals surface area contributed by atoms with Crippen LogP contribution in [0.25, 0.3) is 0 Å². The Hall–Kier alpha value is -0.650. The highest BCUT2D eigenvalue weighted by Gasteiger charge is 2.04. The number of likely N-dealkylation sites (N-methyl/N-ethyl adjacent to an activating group) is 1. The van der Waals surface area contributed by atoms with Gasteiger partial charge in [0.05, 0.1) is 0 Å². The largest absolute Gasteiger partial charge is 0.355 e. The van der Waals surface area contributed by atoms with E-state index in [9.17, 15) is 4.79 Å².